The van der Waals surface area contributed by atoms with Crippen LogP contribution in [0.25, 0.3) is 0 Å². The molecule has 1 aliphatic carbocycles. The molecular formula is C12H15F2N3O2. The molecule has 0 atom stereocenters. The second-order valence-corrected chi connectivity index (χ2v) is 4.62. The predicted octanol–water partition coefficient (Wildman–Crippen LogP) is 2.47. The van der Waals surface area contributed by atoms with Crippen molar-refractivity contribution in [2.75, 3.05) is 5.32 Å². The fourth-order valence-corrected chi connectivity index (χ4v) is 2.30. The van der Waals surface area contributed by atoms with Gasteiger partial charge in [0.15, 0.2) is 5.82 Å². The van der Waals surface area contributed by atoms with Gasteiger partial charge < -0.3 is 10.4 Å². The van der Waals surface area contributed by atoms with E-state index in [4.69, 9.17) is 5.11 Å². The molecule has 2 N–H and O–H groups in total. The maximum absolute atomic E-state index is 12.7. The van der Waals surface area contributed by atoms with Crippen molar-refractivity contribution in [3.8, 4) is 0 Å². The second kappa shape index (κ2) is 5.90. The number of nitrogens with one attached hydrogen (secondary N) is 1. The molecular weight excluding hydrogens is 256 g/mol. The third-order valence-corrected chi connectivity index (χ3v) is 3.35. The second-order valence-electron chi connectivity index (χ2n) is 4.62. The Morgan fingerprint density at radius 3 is 2.47 bits per heavy atom. The standard InChI is InChI=1S/C12H15F2N3O2/c13-10(14)9-11(16-6-5-15-9)17-8-3-1-7(2-4-8)12(18)19/h5-8,10H,1-4H2,(H,16,17)(H,18,19). The van der Waals surface area contributed by atoms with Crippen LogP contribution in [0.15, 0.2) is 12.4 Å². The number of halogens is 2. The van der Waals surface area contributed by atoms with E-state index < -0.39 is 12.4 Å². The lowest BCUT2D eigenvalue weighted by Gasteiger charge is -2.27. The summed E-state index contributed by atoms with van der Waals surface area (Å²) in [6.45, 7) is 0. The Morgan fingerprint density at radius 2 is 1.89 bits per heavy atom. The van der Waals surface area contributed by atoms with Gasteiger partial charge in [-0.2, -0.15) is 0 Å². The molecule has 0 saturated heterocycles. The Kier molecular flexibility index (Phi) is 4.24. The zero-order chi connectivity index (χ0) is 13.8. The number of hydrogen-bond donors (Lipinski definition) is 2. The van der Waals surface area contributed by atoms with Crippen LogP contribution in [0.2, 0.25) is 0 Å². The monoisotopic (exact) mass is 271 g/mol. The summed E-state index contributed by atoms with van der Waals surface area (Å²) < 4.78 is 25.5. The van der Waals surface area contributed by atoms with Gasteiger partial charge in [0.05, 0.1) is 5.92 Å². The van der Waals surface area contributed by atoms with Crippen LogP contribution in [0.1, 0.15) is 37.8 Å². The minimum absolute atomic E-state index is 0.0233. The molecule has 1 fully saturated rings. The summed E-state index contributed by atoms with van der Waals surface area (Å²) in [7, 11) is 0. The summed E-state index contributed by atoms with van der Waals surface area (Å²) in [6, 6.07) is -0.0233. The first-order valence-electron chi connectivity index (χ1n) is 6.16. The Balaban J connectivity index is 1.98. The molecule has 0 spiro atoms. The fraction of sp³-hybridized carbons (Fsp3) is 0.583. The lowest BCUT2D eigenvalue weighted by Crippen LogP contribution is -2.30. The number of hydrogen-bond acceptors (Lipinski definition) is 4. The molecule has 7 heteroatoms. The zero-order valence-corrected chi connectivity index (χ0v) is 10.2. The van der Waals surface area contributed by atoms with Crippen LogP contribution in [0.5, 0.6) is 0 Å². The van der Waals surface area contributed by atoms with Crippen molar-refractivity contribution in [2.24, 2.45) is 5.92 Å². The van der Waals surface area contributed by atoms with Crippen molar-refractivity contribution in [3.63, 3.8) is 0 Å². The first-order chi connectivity index (χ1) is 9.08. The Labute approximate surface area is 109 Å². The maximum atomic E-state index is 12.7. The first kappa shape index (κ1) is 13.6. The lowest BCUT2D eigenvalue weighted by molar-refractivity contribution is -0.142. The van der Waals surface area contributed by atoms with Gasteiger partial charge in [-0.05, 0) is 25.7 Å². The van der Waals surface area contributed by atoms with E-state index in [1.165, 1.54) is 12.4 Å². The number of anilines is 1. The van der Waals surface area contributed by atoms with Gasteiger partial charge in [-0.1, -0.05) is 0 Å². The maximum Gasteiger partial charge on any atom is 0.306 e. The van der Waals surface area contributed by atoms with Gasteiger partial charge in [0.2, 0.25) is 0 Å². The summed E-state index contributed by atoms with van der Waals surface area (Å²) in [6.07, 6.45) is 2.29. The molecule has 1 saturated carbocycles. The molecule has 0 amide bonds. The average molecular weight is 271 g/mol. The minimum Gasteiger partial charge on any atom is -0.481 e. The number of carbonyl (C=O) groups is 1. The van der Waals surface area contributed by atoms with Crippen molar-refractivity contribution in [1.29, 1.82) is 0 Å². The van der Waals surface area contributed by atoms with Crippen molar-refractivity contribution in [1.82, 2.24) is 9.97 Å². The Bertz CT molecular complexity index is 448. The number of rotatable bonds is 4. The lowest BCUT2D eigenvalue weighted by atomic mass is 9.86. The van der Waals surface area contributed by atoms with Crippen molar-refractivity contribution in [2.45, 2.75) is 38.2 Å². The fourth-order valence-electron chi connectivity index (χ4n) is 2.30. The van der Waals surface area contributed by atoms with E-state index in [2.05, 4.69) is 15.3 Å². The van der Waals surface area contributed by atoms with E-state index in [1.807, 2.05) is 0 Å². The highest BCUT2D eigenvalue weighted by Gasteiger charge is 2.27. The van der Waals surface area contributed by atoms with E-state index in [1.54, 1.807) is 0 Å². The summed E-state index contributed by atoms with van der Waals surface area (Å²) in [5.74, 6) is -1.02. The van der Waals surface area contributed by atoms with Crippen LogP contribution in [0.4, 0.5) is 14.6 Å². The molecule has 1 aliphatic rings. The predicted molar refractivity (Wildman–Crippen MR) is 64.0 cm³/mol. The van der Waals surface area contributed by atoms with E-state index >= 15 is 0 Å². The summed E-state index contributed by atoms with van der Waals surface area (Å²) in [4.78, 5) is 18.3. The molecule has 1 aromatic rings. The SMILES string of the molecule is O=C(O)C1CCC(Nc2nccnc2C(F)F)CC1. The summed E-state index contributed by atoms with van der Waals surface area (Å²) >= 11 is 0. The van der Waals surface area contributed by atoms with E-state index in [0.29, 0.717) is 25.7 Å². The average Bonchev–Trinajstić information content (AvgIpc) is 2.39. The third kappa shape index (κ3) is 3.36. The smallest absolute Gasteiger partial charge is 0.306 e. The molecule has 0 radical (unpaired) electrons. The highest BCUT2D eigenvalue weighted by molar-refractivity contribution is 5.70. The number of carboxylic acid groups (broad SMARTS) is 1. The van der Waals surface area contributed by atoms with Gasteiger partial charge in [0.25, 0.3) is 6.43 Å². The van der Waals surface area contributed by atoms with Crippen LogP contribution >= 0.6 is 0 Å². The highest BCUT2D eigenvalue weighted by atomic mass is 19.3. The van der Waals surface area contributed by atoms with Crippen LogP contribution < -0.4 is 5.32 Å². The highest BCUT2D eigenvalue weighted by Crippen LogP contribution is 2.29. The summed E-state index contributed by atoms with van der Waals surface area (Å²) in [5, 5.41) is 11.8. The molecule has 0 bridgehead atoms. The minimum atomic E-state index is -2.67. The molecule has 0 unspecified atom stereocenters. The number of carboxylic acids is 1. The Hall–Kier alpha value is -1.79. The normalized spacial score (nSPS) is 23.3. The van der Waals surface area contributed by atoms with Gasteiger partial charge in [0.1, 0.15) is 5.69 Å². The van der Waals surface area contributed by atoms with Crippen molar-refractivity contribution < 1.29 is 18.7 Å². The molecule has 2 rings (SSSR count). The molecule has 104 valence electrons. The van der Waals surface area contributed by atoms with E-state index in [0.717, 1.165) is 0 Å². The van der Waals surface area contributed by atoms with Gasteiger partial charge in [-0.15, -0.1) is 0 Å². The number of alkyl halides is 2. The molecule has 0 aliphatic heterocycles. The zero-order valence-electron chi connectivity index (χ0n) is 10.2. The topological polar surface area (TPSA) is 75.1 Å². The number of nitrogens with zero attached hydrogens (tertiary/aromatic N) is 2. The number of aliphatic carboxylic acids is 1. The molecule has 0 aromatic carbocycles. The third-order valence-electron chi connectivity index (χ3n) is 3.35. The quantitative estimate of drug-likeness (QED) is 0.879. The van der Waals surface area contributed by atoms with Crippen LogP contribution in [0.3, 0.4) is 0 Å². The van der Waals surface area contributed by atoms with Crippen molar-refractivity contribution in [3.05, 3.63) is 18.1 Å². The van der Waals surface area contributed by atoms with Crippen LogP contribution in [-0.4, -0.2) is 27.1 Å². The van der Waals surface area contributed by atoms with Gasteiger partial charge in [-0.3, -0.25) is 4.79 Å². The molecule has 5 nitrogen and oxygen atoms in total. The van der Waals surface area contributed by atoms with Crippen molar-refractivity contribution >= 4 is 11.8 Å². The molecule has 1 aromatic heterocycles. The van der Waals surface area contributed by atoms with Crippen LogP contribution in [0, 0.1) is 5.92 Å². The van der Waals surface area contributed by atoms with Gasteiger partial charge in [0, 0.05) is 18.4 Å². The first-order valence-corrected chi connectivity index (χ1v) is 6.16. The van der Waals surface area contributed by atoms with Gasteiger partial charge in [-0.25, -0.2) is 18.7 Å². The molecule has 1 heterocycles. The largest absolute Gasteiger partial charge is 0.481 e. The Morgan fingerprint density at radius 1 is 1.26 bits per heavy atom. The van der Waals surface area contributed by atoms with Gasteiger partial charge >= 0.3 is 5.97 Å². The van der Waals surface area contributed by atoms with E-state index in [9.17, 15) is 13.6 Å². The van der Waals surface area contributed by atoms with E-state index in [-0.39, 0.29) is 23.5 Å². The summed E-state index contributed by atoms with van der Waals surface area (Å²) in [5.41, 5.74) is -0.358. The molecule has 19 heavy (non-hydrogen) atoms. The number of aromatic nitrogens is 2. The van der Waals surface area contributed by atoms with Crippen LogP contribution in [-0.2, 0) is 4.79 Å².